The van der Waals surface area contributed by atoms with Crippen molar-refractivity contribution in [1.29, 1.82) is 0 Å². The van der Waals surface area contributed by atoms with Crippen molar-refractivity contribution in [3.05, 3.63) is 88.4 Å². The molecule has 3 aromatic carbocycles. The average Bonchev–Trinajstić information content (AvgIpc) is 3.22. The zero-order chi connectivity index (χ0) is 22.3. The molecule has 0 spiro atoms. The van der Waals surface area contributed by atoms with Crippen LogP contribution < -0.4 is 10.2 Å². The summed E-state index contributed by atoms with van der Waals surface area (Å²) in [6, 6.07) is 21.8. The highest BCUT2D eigenvalue weighted by Gasteiger charge is 2.11. The summed E-state index contributed by atoms with van der Waals surface area (Å²) in [5.74, 6) is -0.0263. The minimum absolute atomic E-state index is 0.218. The Morgan fingerprint density at radius 1 is 1.06 bits per heavy atom. The molecular formula is C23H16BrN3O3S2. The number of thiazole rings is 1. The van der Waals surface area contributed by atoms with E-state index in [1.165, 1.54) is 18.0 Å². The lowest BCUT2D eigenvalue weighted by molar-refractivity contribution is -0.118. The van der Waals surface area contributed by atoms with E-state index in [1.54, 1.807) is 53.8 Å². The Morgan fingerprint density at radius 2 is 1.81 bits per heavy atom. The number of rotatable bonds is 7. The zero-order valence-electron chi connectivity index (χ0n) is 16.5. The Bertz CT molecular complexity index is 1260. The summed E-state index contributed by atoms with van der Waals surface area (Å²) in [6.45, 7) is 0. The second-order valence-corrected chi connectivity index (χ2v) is 9.58. The number of hydrogen-bond acceptors (Lipinski definition) is 7. The summed E-state index contributed by atoms with van der Waals surface area (Å²) >= 11 is 6.27. The summed E-state index contributed by atoms with van der Waals surface area (Å²) in [4.78, 5) is 28.8. The van der Waals surface area contributed by atoms with Crippen LogP contribution in [-0.4, -0.2) is 28.8 Å². The van der Waals surface area contributed by atoms with E-state index in [-0.39, 0.29) is 11.7 Å². The number of benzene rings is 3. The first kappa shape index (κ1) is 22.2. The standard InChI is InChI=1S/C23H16BrN3O3S2/c24-18-6-2-1-5-17(18)22(29)30-16-11-9-15(10-12-16)13-25-27-21(28)14-31-23-26-19-7-3-4-8-20(19)32-23/h1-13H,14H2,(H,27,28). The van der Waals surface area contributed by atoms with Crippen molar-refractivity contribution in [2.24, 2.45) is 5.10 Å². The number of fused-ring (bicyclic) bond motifs is 1. The molecule has 6 nitrogen and oxygen atoms in total. The lowest BCUT2D eigenvalue weighted by Gasteiger charge is -2.06. The van der Waals surface area contributed by atoms with E-state index >= 15 is 0 Å². The van der Waals surface area contributed by atoms with Gasteiger partial charge in [-0.2, -0.15) is 5.10 Å². The molecule has 0 unspecified atom stereocenters. The van der Waals surface area contributed by atoms with Crippen molar-refractivity contribution in [2.45, 2.75) is 4.34 Å². The maximum Gasteiger partial charge on any atom is 0.344 e. The number of hydrogen-bond donors (Lipinski definition) is 1. The van der Waals surface area contributed by atoms with Crippen molar-refractivity contribution in [1.82, 2.24) is 10.4 Å². The molecule has 9 heteroatoms. The van der Waals surface area contributed by atoms with Gasteiger partial charge < -0.3 is 4.74 Å². The zero-order valence-corrected chi connectivity index (χ0v) is 19.7. The number of ether oxygens (including phenoxy) is 1. The van der Waals surface area contributed by atoms with Crippen molar-refractivity contribution in [2.75, 3.05) is 5.75 Å². The van der Waals surface area contributed by atoms with Gasteiger partial charge >= 0.3 is 5.97 Å². The number of nitrogens with zero attached hydrogens (tertiary/aromatic N) is 2. The number of amides is 1. The molecule has 1 aromatic heterocycles. The molecule has 0 aliphatic carbocycles. The Balaban J connectivity index is 1.25. The Morgan fingerprint density at radius 3 is 2.59 bits per heavy atom. The summed E-state index contributed by atoms with van der Waals surface area (Å²) < 4.78 is 8.00. The maximum absolute atomic E-state index is 12.2. The van der Waals surface area contributed by atoms with Crippen molar-refractivity contribution in [3.63, 3.8) is 0 Å². The summed E-state index contributed by atoms with van der Waals surface area (Å²) in [5, 5.41) is 3.98. The number of aromatic nitrogens is 1. The Kier molecular flexibility index (Phi) is 7.31. The van der Waals surface area contributed by atoms with Gasteiger partial charge in [0.25, 0.3) is 5.91 Å². The topological polar surface area (TPSA) is 80.7 Å². The molecule has 0 radical (unpaired) electrons. The monoisotopic (exact) mass is 525 g/mol. The quantitative estimate of drug-likeness (QED) is 0.113. The smallest absolute Gasteiger partial charge is 0.344 e. The lowest BCUT2D eigenvalue weighted by Crippen LogP contribution is -2.19. The molecule has 1 amide bonds. The minimum Gasteiger partial charge on any atom is -0.423 e. The van der Waals surface area contributed by atoms with Gasteiger partial charge in [0.2, 0.25) is 0 Å². The van der Waals surface area contributed by atoms with Gasteiger partial charge in [-0.05, 0) is 70.0 Å². The molecule has 1 heterocycles. The van der Waals surface area contributed by atoms with E-state index in [1.807, 2.05) is 30.3 Å². The number of hydrazone groups is 1. The molecule has 1 N–H and O–H groups in total. The third-order valence-electron chi connectivity index (χ3n) is 4.19. The molecule has 0 saturated carbocycles. The summed E-state index contributed by atoms with van der Waals surface area (Å²) in [7, 11) is 0. The SMILES string of the molecule is O=C(CSc1nc2ccccc2s1)NN=Cc1ccc(OC(=O)c2ccccc2Br)cc1. The van der Waals surface area contributed by atoms with Gasteiger partial charge in [-0.25, -0.2) is 15.2 Å². The van der Waals surface area contributed by atoms with Crippen LogP contribution in [0.25, 0.3) is 10.2 Å². The van der Waals surface area contributed by atoms with Gasteiger partial charge in [0.15, 0.2) is 4.34 Å². The highest BCUT2D eigenvalue weighted by Crippen LogP contribution is 2.29. The van der Waals surface area contributed by atoms with E-state index in [2.05, 4.69) is 31.4 Å². The van der Waals surface area contributed by atoms with E-state index in [4.69, 9.17) is 4.74 Å². The van der Waals surface area contributed by atoms with Gasteiger partial charge in [-0.15, -0.1) is 11.3 Å². The average molecular weight is 526 g/mol. The van der Waals surface area contributed by atoms with Gasteiger partial charge in [0, 0.05) is 4.47 Å². The van der Waals surface area contributed by atoms with Crippen LogP contribution in [0, 0.1) is 0 Å². The van der Waals surface area contributed by atoms with Crippen LogP contribution >= 0.6 is 39.0 Å². The first-order valence-corrected chi connectivity index (χ1v) is 12.0. The van der Waals surface area contributed by atoms with Crippen LogP contribution in [-0.2, 0) is 4.79 Å². The van der Waals surface area contributed by atoms with E-state index in [9.17, 15) is 9.59 Å². The Labute approximate surface area is 200 Å². The molecule has 160 valence electrons. The number of esters is 1. The molecule has 0 atom stereocenters. The largest absolute Gasteiger partial charge is 0.423 e. The third kappa shape index (κ3) is 5.82. The molecular weight excluding hydrogens is 510 g/mol. The predicted molar refractivity (Wildman–Crippen MR) is 132 cm³/mol. The Hall–Kier alpha value is -3.01. The van der Waals surface area contributed by atoms with E-state index < -0.39 is 5.97 Å². The molecule has 0 aliphatic rings. The van der Waals surface area contributed by atoms with Crippen LogP contribution in [0.4, 0.5) is 0 Å². The fourth-order valence-electron chi connectivity index (χ4n) is 2.66. The number of carbonyl (C=O) groups excluding carboxylic acids is 2. The highest BCUT2D eigenvalue weighted by molar-refractivity contribution is 9.10. The van der Waals surface area contributed by atoms with Crippen molar-refractivity contribution < 1.29 is 14.3 Å². The maximum atomic E-state index is 12.2. The third-order valence-corrected chi connectivity index (χ3v) is 7.06. The minimum atomic E-state index is -0.447. The fourth-order valence-corrected chi connectivity index (χ4v) is 4.97. The molecule has 0 aliphatic heterocycles. The normalized spacial score (nSPS) is 11.0. The van der Waals surface area contributed by atoms with Crippen LogP contribution in [0.15, 0.2) is 86.7 Å². The second kappa shape index (κ2) is 10.5. The van der Waals surface area contributed by atoms with E-state index in [0.29, 0.717) is 15.8 Å². The predicted octanol–water partition coefficient (Wildman–Crippen LogP) is 5.52. The van der Waals surface area contributed by atoms with Gasteiger partial charge in [-0.1, -0.05) is 36.0 Å². The highest BCUT2D eigenvalue weighted by atomic mass is 79.9. The molecule has 4 rings (SSSR count). The number of thioether (sulfide) groups is 1. The van der Waals surface area contributed by atoms with Crippen LogP contribution in [0.1, 0.15) is 15.9 Å². The van der Waals surface area contributed by atoms with Crippen LogP contribution in [0.3, 0.4) is 0 Å². The molecule has 0 bridgehead atoms. The van der Waals surface area contributed by atoms with E-state index in [0.717, 1.165) is 20.1 Å². The number of para-hydroxylation sites is 1. The number of halogens is 1. The number of carbonyl (C=O) groups is 2. The van der Waals surface area contributed by atoms with Gasteiger partial charge in [0.05, 0.1) is 27.7 Å². The number of nitrogens with one attached hydrogen (secondary N) is 1. The molecule has 4 aromatic rings. The molecule has 0 fully saturated rings. The van der Waals surface area contributed by atoms with Crippen molar-refractivity contribution >= 4 is 67.3 Å². The van der Waals surface area contributed by atoms with Crippen LogP contribution in [0.5, 0.6) is 5.75 Å². The van der Waals surface area contributed by atoms with Gasteiger partial charge in [0.1, 0.15) is 5.75 Å². The summed E-state index contributed by atoms with van der Waals surface area (Å²) in [5.41, 5.74) is 4.64. The summed E-state index contributed by atoms with van der Waals surface area (Å²) in [6.07, 6.45) is 1.53. The van der Waals surface area contributed by atoms with Gasteiger partial charge in [-0.3, -0.25) is 4.79 Å². The van der Waals surface area contributed by atoms with Crippen molar-refractivity contribution in [3.8, 4) is 5.75 Å². The van der Waals surface area contributed by atoms with Crippen LogP contribution in [0.2, 0.25) is 0 Å². The first-order chi connectivity index (χ1) is 15.6. The molecule has 32 heavy (non-hydrogen) atoms. The second-order valence-electron chi connectivity index (χ2n) is 6.47. The molecule has 0 saturated heterocycles. The lowest BCUT2D eigenvalue weighted by atomic mass is 10.2. The fraction of sp³-hybridized carbons (Fsp3) is 0.0435. The first-order valence-electron chi connectivity index (χ1n) is 9.45.